The molecule has 178 valence electrons. The molecular formula is C21H30N2O7S2. The van der Waals surface area contributed by atoms with Gasteiger partial charge in [-0.1, -0.05) is 12.5 Å². The summed E-state index contributed by atoms with van der Waals surface area (Å²) in [5.41, 5.74) is 0.0363. The highest BCUT2D eigenvalue weighted by Crippen LogP contribution is 2.22. The third-order valence-corrected chi connectivity index (χ3v) is 9.57. The van der Waals surface area contributed by atoms with Gasteiger partial charge >= 0.3 is 5.97 Å². The standard InChI is InChI=1S/C21H30N2O7S2/c1-3-23(18-10-13-31(26,27)15-18)20(24)16(2)30-21(25)17-8-7-9-19(14-17)32(28,29)22-11-5-4-6-12-22/h7-9,14,16,18H,3-6,10-13,15H2,1-2H3/t16-,18-/m0/s1. The monoisotopic (exact) mass is 486 g/mol. The molecule has 3 rings (SSSR count). The van der Waals surface area contributed by atoms with Gasteiger partial charge < -0.3 is 9.64 Å². The van der Waals surface area contributed by atoms with E-state index >= 15 is 0 Å². The van der Waals surface area contributed by atoms with Gasteiger partial charge in [0.15, 0.2) is 15.9 Å². The Labute approximate surface area is 189 Å². The van der Waals surface area contributed by atoms with Crippen LogP contribution in [0.1, 0.15) is 49.9 Å². The predicted octanol–water partition coefficient (Wildman–Crippen LogP) is 1.44. The van der Waals surface area contributed by atoms with Gasteiger partial charge in [0, 0.05) is 25.7 Å². The van der Waals surface area contributed by atoms with Crippen molar-refractivity contribution in [3.8, 4) is 0 Å². The fourth-order valence-corrected chi connectivity index (χ4v) is 7.46. The Hall–Kier alpha value is -1.98. The summed E-state index contributed by atoms with van der Waals surface area (Å²) >= 11 is 0. The molecule has 32 heavy (non-hydrogen) atoms. The maximum atomic E-state index is 12.9. The molecule has 0 spiro atoms. The molecule has 0 N–H and O–H groups in total. The number of ether oxygens (including phenoxy) is 1. The Balaban J connectivity index is 1.70. The lowest BCUT2D eigenvalue weighted by molar-refractivity contribution is -0.141. The molecule has 0 saturated carbocycles. The number of amides is 1. The van der Waals surface area contributed by atoms with Crippen LogP contribution < -0.4 is 0 Å². The molecule has 11 heteroatoms. The molecule has 9 nitrogen and oxygen atoms in total. The highest BCUT2D eigenvalue weighted by atomic mass is 32.2. The van der Waals surface area contributed by atoms with E-state index in [1.165, 1.54) is 40.4 Å². The molecule has 2 aliphatic rings. The first-order chi connectivity index (χ1) is 15.0. The zero-order valence-corrected chi connectivity index (χ0v) is 20.0. The van der Waals surface area contributed by atoms with E-state index in [4.69, 9.17) is 4.74 Å². The van der Waals surface area contributed by atoms with Gasteiger partial charge in [-0.25, -0.2) is 21.6 Å². The van der Waals surface area contributed by atoms with Crippen molar-refractivity contribution in [2.45, 2.75) is 56.6 Å². The maximum absolute atomic E-state index is 12.9. The van der Waals surface area contributed by atoms with Gasteiger partial charge in [0.05, 0.1) is 22.0 Å². The molecule has 2 fully saturated rings. The van der Waals surface area contributed by atoms with Crippen LogP contribution in [0.2, 0.25) is 0 Å². The number of nitrogens with zero attached hydrogens (tertiary/aromatic N) is 2. The highest BCUT2D eigenvalue weighted by Gasteiger charge is 2.36. The zero-order chi connectivity index (χ0) is 23.5. The third-order valence-electron chi connectivity index (χ3n) is 5.93. The molecule has 1 amide bonds. The number of benzene rings is 1. The molecule has 0 bridgehead atoms. The largest absolute Gasteiger partial charge is 0.449 e. The van der Waals surface area contributed by atoms with Gasteiger partial charge in [0.1, 0.15) is 0 Å². The molecule has 1 aromatic carbocycles. The number of likely N-dealkylation sites (N-methyl/N-ethyl adjacent to an activating group) is 1. The molecule has 0 aromatic heterocycles. The van der Waals surface area contributed by atoms with E-state index in [-0.39, 0.29) is 22.0 Å². The third kappa shape index (κ3) is 5.49. The van der Waals surface area contributed by atoms with Gasteiger partial charge in [0.2, 0.25) is 10.0 Å². The van der Waals surface area contributed by atoms with Crippen molar-refractivity contribution in [3.63, 3.8) is 0 Å². The first kappa shape index (κ1) is 24.7. The van der Waals surface area contributed by atoms with Crippen LogP contribution >= 0.6 is 0 Å². The maximum Gasteiger partial charge on any atom is 0.338 e. The number of rotatable bonds is 7. The first-order valence-corrected chi connectivity index (χ1v) is 14.1. The summed E-state index contributed by atoms with van der Waals surface area (Å²) in [5, 5.41) is 0. The van der Waals surface area contributed by atoms with Crippen LogP contribution in [0.5, 0.6) is 0 Å². The molecule has 2 atom stereocenters. The summed E-state index contributed by atoms with van der Waals surface area (Å²) in [6.07, 6.45) is 1.83. The second-order valence-corrected chi connectivity index (χ2v) is 12.4. The van der Waals surface area contributed by atoms with E-state index < -0.39 is 43.9 Å². The summed E-state index contributed by atoms with van der Waals surface area (Å²) in [4.78, 5) is 26.9. The summed E-state index contributed by atoms with van der Waals surface area (Å²) in [6, 6.07) is 5.19. The van der Waals surface area contributed by atoms with Crippen molar-refractivity contribution in [1.29, 1.82) is 0 Å². The summed E-state index contributed by atoms with van der Waals surface area (Å²) in [5.74, 6) is -1.34. The van der Waals surface area contributed by atoms with E-state index in [2.05, 4.69) is 0 Å². The van der Waals surface area contributed by atoms with E-state index in [0.29, 0.717) is 26.1 Å². The number of piperidine rings is 1. The fraction of sp³-hybridized carbons (Fsp3) is 0.619. The summed E-state index contributed by atoms with van der Waals surface area (Å²) in [6.45, 7) is 4.37. The molecule has 2 aliphatic heterocycles. The van der Waals surface area contributed by atoms with Crippen molar-refractivity contribution in [2.75, 3.05) is 31.1 Å². The van der Waals surface area contributed by atoms with E-state index in [0.717, 1.165) is 19.3 Å². The second kappa shape index (κ2) is 9.88. The van der Waals surface area contributed by atoms with Gasteiger partial charge in [0.25, 0.3) is 5.91 Å². The van der Waals surface area contributed by atoms with Crippen LogP contribution in [0.25, 0.3) is 0 Å². The Morgan fingerprint density at radius 1 is 1.22 bits per heavy atom. The van der Waals surface area contributed by atoms with Crippen LogP contribution in [0.15, 0.2) is 29.2 Å². The number of carbonyl (C=O) groups is 2. The number of hydrogen-bond acceptors (Lipinski definition) is 7. The molecule has 1 aromatic rings. The minimum absolute atomic E-state index is 0.0131. The van der Waals surface area contributed by atoms with Crippen molar-refractivity contribution in [2.24, 2.45) is 0 Å². The summed E-state index contributed by atoms with van der Waals surface area (Å²) in [7, 11) is -6.88. The molecule has 0 radical (unpaired) electrons. The van der Waals surface area contributed by atoms with Crippen molar-refractivity contribution in [3.05, 3.63) is 29.8 Å². The molecule has 0 unspecified atom stereocenters. The minimum atomic E-state index is -3.71. The second-order valence-electron chi connectivity index (χ2n) is 8.22. The Morgan fingerprint density at radius 3 is 2.50 bits per heavy atom. The predicted molar refractivity (Wildman–Crippen MR) is 118 cm³/mol. The van der Waals surface area contributed by atoms with Crippen molar-refractivity contribution in [1.82, 2.24) is 9.21 Å². The lowest BCUT2D eigenvalue weighted by Crippen LogP contribution is -2.46. The van der Waals surface area contributed by atoms with E-state index in [1.807, 2.05) is 0 Å². The van der Waals surface area contributed by atoms with Gasteiger partial charge in [-0.05, 0) is 51.3 Å². The Bertz CT molecular complexity index is 1060. The van der Waals surface area contributed by atoms with Gasteiger partial charge in [-0.3, -0.25) is 4.79 Å². The average Bonchev–Trinajstić information content (AvgIpc) is 3.14. The number of sulfone groups is 1. The zero-order valence-electron chi connectivity index (χ0n) is 18.4. The number of hydrogen-bond donors (Lipinski definition) is 0. The SMILES string of the molecule is CCN(C(=O)[C@H](C)OC(=O)c1cccc(S(=O)(=O)N2CCCCC2)c1)[C@H]1CCS(=O)(=O)C1. The van der Waals surface area contributed by atoms with Crippen LogP contribution in [0.3, 0.4) is 0 Å². The van der Waals surface area contributed by atoms with Gasteiger partial charge in [-0.15, -0.1) is 0 Å². The van der Waals surface area contributed by atoms with Crippen LogP contribution in [0.4, 0.5) is 0 Å². The van der Waals surface area contributed by atoms with Crippen LogP contribution in [-0.4, -0.2) is 81.2 Å². The number of carbonyl (C=O) groups excluding carboxylic acids is 2. The minimum Gasteiger partial charge on any atom is -0.449 e. The Kier molecular flexibility index (Phi) is 7.61. The molecule has 0 aliphatic carbocycles. The normalized spacial score (nSPS) is 22.2. The summed E-state index contributed by atoms with van der Waals surface area (Å²) < 4.78 is 56.0. The molecular weight excluding hydrogens is 456 g/mol. The smallest absolute Gasteiger partial charge is 0.338 e. The van der Waals surface area contributed by atoms with Crippen molar-refractivity contribution >= 4 is 31.7 Å². The highest BCUT2D eigenvalue weighted by molar-refractivity contribution is 7.91. The fourth-order valence-electron chi connectivity index (χ4n) is 4.17. The molecule has 2 heterocycles. The lowest BCUT2D eigenvalue weighted by Gasteiger charge is -2.29. The Morgan fingerprint density at radius 2 is 1.91 bits per heavy atom. The van der Waals surface area contributed by atoms with E-state index in [1.54, 1.807) is 6.92 Å². The number of esters is 1. The lowest BCUT2D eigenvalue weighted by atomic mass is 10.2. The first-order valence-electron chi connectivity index (χ1n) is 10.9. The van der Waals surface area contributed by atoms with Gasteiger partial charge in [-0.2, -0.15) is 4.31 Å². The topological polar surface area (TPSA) is 118 Å². The number of sulfonamides is 1. The van der Waals surface area contributed by atoms with Crippen molar-refractivity contribution < 1.29 is 31.2 Å². The molecule has 2 saturated heterocycles. The average molecular weight is 487 g/mol. The van der Waals surface area contributed by atoms with Crippen LogP contribution in [0, 0.1) is 0 Å². The van der Waals surface area contributed by atoms with E-state index in [9.17, 15) is 26.4 Å². The quantitative estimate of drug-likeness (QED) is 0.535. The van der Waals surface area contributed by atoms with Crippen LogP contribution in [-0.2, 0) is 29.4 Å².